The van der Waals surface area contributed by atoms with Gasteiger partial charge in [0.05, 0.1) is 87.3 Å². The number of amides is 1. The summed E-state index contributed by atoms with van der Waals surface area (Å²) in [6.07, 6.45) is -8.05. The summed E-state index contributed by atoms with van der Waals surface area (Å²) in [5.41, 5.74) is -3.49. The number of Topliss-reactive ketones (excluding diaryl/α,β-unsaturated/α-hetero) is 1. The Morgan fingerprint density at radius 3 is 1.92 bits per heavy atom. The normalized spacial score (nSPS) is 49.9. The Balaban J connectivity index is 0.943. The average molecular weight is 1320 g/mol. The monoisotopic (exact) mass is 1320 g/mol. The lowest BCUT2D eigenvalue weighted by atomic mass is 9.49. The van der Waals surface area contributed by atoms with Crippen molar-refractivity contribution in [2.45, 2.75) is 275 Å². The third kappa shape index (κ3) is 13.7. The summed E-state index contributed by atoms with van der Waals surface area (Å²) in [5.74, 6) is -5.33. The highest BCUT2D eigenvalue weighted by molar-refractivity contribution is 6.26. The van der Waals surface area contributed by atoms with Crippen molar-refractivity contribution in [1.82, 2.24) is 5.32 Å². The summed E-state index contributed by atoms with van der Waals surface area (Å²) in [5, 5.41) is 83.6. The van der Waals surface area contributed by atoms with Gasteiger partial charge in [0.25, 0.3) is 0 Å². The first-order chi connectivity index (χ1) is 43.9. The number of carbonyl (C=O) groups excluding carboxylic acids is 3. The highest BCUT2D eigenvalue weighted by Crippen LogP contribution is 2.61. The first-order valence-electron chi connectivity index (χ1n) is 33.2. The molecule has 6 heterocycles. The molecule has 2 bridgehead atoms. The molecule has 26 nitrogen and oxygen atoms in total. The molecule has 0 aromatic heterocycles. The zero-order valence-corrected chi connectivity index (χ0v) is 55.9. The van der Waals surface area contributed by atoms with Crippen molar-refractivity contribution in [2.24, 2.45) is 46.8 Å². The van der Waals surface area contributed by atoms with Crippen molar-refractivity contribution in [3.63, 3.8) is 0 Å². The lowest BCUT2D eigenvalue weighted by Gasteiger charge is -2.56. The Bertz CT molecular complexity index is 2880. The van der Waals surface area contributed by atoms with E-state index in [0.717, 1.165) is 12.7 Å². The minimum atomic E-state index is -1.84. The standard InChI is InChI=1S/C67H100N2O24/c1-29-15-18-45(88-52-27-65(11,69(79)80)60(38(10)87-52)68-64(78)82-14)30(2)20-40-21-39(28-70)33(5)26-67(40)62(76)53(63(77)93-67)61(75)66(12)42(29)17-16-41-54(66)31(3)19-32(4)57(41)91-51-24-46(56(74)35(7)84-51)89-50-25-47(90-48-22-43(71)55(73)34(6)83-48)59(37(9)86-50)92-49-23-44(72)58(81-13)36(8)85-49/h15-17,20-21,31-38,40-52,54-60,70-75H,18-19,22-28H2,1-14H3,(H,68,78)/b29-15+,30-20-,61-53-. The van der Waals surface area contributed by atoms with Gasteiger partial charge in [0.15, 0.2) is 37.1 Å². The zero-order valence-electron chi connectivity index (χ0n) is 55.9. The van der Waals surface area contributed by atoms with Gasteiger partial charge in [-0.15, -0.1) is 0 Å². The molecule has 31 atom stereocenters. The van der Waals surface area contributed by atoms with Crippen molar-refractivity contribution in [3.8, 4) is 0 Å². The number of ether oxygens (including phenoxy) is 13. The molecular formula is C67H100N2O24. The number of nitrogens with one attached hydrogen (secondary N) is 1. The van der Waals surface area contributed by atoms with E-state index in [2.05, 4.69) is 25.2 Å². The molecule has 522 valence electrons. The summed E-state index contributed by atoms with van der Waals surface area (Å²) in [7, 11) is 2.66. The van der Waals surface area contributed by atoms with Gasteiger partial charge in [0.1, 0.15) is 41.8 Å². The molecule has 31 unspecified atom stereocenters. The van der Waals surface area contributed by atoms with Gasteiger partial charge in [0.2, 0.25) is 11.3 Å². The zero-order chi connectivity index (χ0) is 67.7. The molecule has 6 aliphatic heterocycles. The number of allylic oxidation sites excluding steroid dienone is 3. The van der Waals surface area contributed by atoms with Crippen LogP contribution < -0.4 is 5.32 Å². The van der Waals surface area contributed by atoms with E-state index in [1.807, 2.05) is 32.9 Å². The van der Waals surface area contributed by atoms with E-state index in [1.54, 1.807) is 53.7 Å². The maximum absolute atomic E-state index is 15.7. The van der Waals surface area contributed by atoms with Crippen LogP contribution in [-0.4, -0.2) is 214 Å². The van der Waals surface area contributed by atoms with Gasteiger partial charge in [-0.1, -0.05) is 63.6 Å². The van der Waals surface area contributed by atoms with E-state index in [9.17, 15) is 50.3 Å². The quantitative estimate of drug-likeness (QED) is 0.0373. The van der Waals surface area contributed by atoms with Crippen LogP contribution in [-0.2, 0) is 71.2 Å². The Hall–Kier alpha value is -4.33. The molecule has 7 N–H and O–H groups in total. The van der Waals surface area contributed by atoms with Gasteiger partial charge in [0, 0.05) is 74.2 Å². The molecule has 7 fully saturated rings. The van der Waals surface area contributed by atoms with Crippen molar-refractivity contribution in [1.29, 1.82) is 0 Å². The van der Waals surface area contributed by atoms with E-state index in [0.29, 0.717) is 17.6 Å². The smallest absolute Gasteiger partial charge is 0.407 e. The molecule has 0 radical (unpaired) electrons. The number of esters is 1. The van der Waals surface area contributed by atoms with Crippen LogP contribution in [0.5, 0.6) is 0 Å². The molecule has 26 heteroatoms. The van der Waals surface area contributed by atoms with Crippen molar-refractivity contribution in [2.75, 3.05) is 20.8 Å². The molecule has 6 saturated heterocycles. The number of fused-ring (bicyclic) bond motifs is 4. The van der Waals surface area contributed by atoms with Crippen LogP contribution >= 0.6 is 0 Å². The van der Waals surface area contributed by atoms with Crippen LogP contribution in [0, 0.1) is 57.0 Å². The Morgan fingerprint density at radius 1 is 0.688 bits per heavy atom. The van der Waals surface area contributed by atoms with Gasteiger partial charge >= 0.3 is 12.1 Å². The van der Waals surface area contributed by atoms with E-state index < -0.39 is 209 Å². The maximum Gasteiger partial charge on any atom is 0.407 e. The molecule has 10 rings (SSSR count). The minimum Gasteiger partial charge on any atom is -0.511 e. The largest absolute Gasteiger partial charge is 0.511 e. The fourth-order valence-corrected chi connectivity index (χ4v) is 17.2. The first kappa shape index (κ1) is 71.4. The summed E-state index contributed by atoms with van der Waals surface area (Å²) in [6.45, 7) is 21.2. The Kier molecular flexibility index (Phi) is 21.7. The molecule has 1 spiro atoms. The topological polar surface area (TPSA) is 348 Å². The van der Waals surface area contributed by atoms with Crippen LogP contribution in [0.15, 0.2) is 58.4 Å². The van der Waals surface area contributed by atoms with Crippen molar-refractivity contribution >= 4 is 17.8 Å². The fourth-order valence-electron chi connectivity index (χ4n) is 17.2. The van der Waals surface area contributed by atoms with E-state index >= 15 is 4.79 Å². The summed E-state index contributed by atoms with van der Waals surface area (Å²) in [6, 6.07) is -1.09. The van der Waals surface area contributed by atoms with Gasteiger partial charge in [-0.2, -0.15) is 0 Å². The molecule has 4 aliphatic carbocycles. The van der Waals surface area contributed by atoms with Crippen LogP contribution in [0.2, 0.25) is 0 Å². The maximum atomic E-state index is 15.7. The number of nitro groups is 1. The second kappa shape index (κ2) is 28.3. The van der Waals surface area contributed by atoms with Crippen LogP contribution in [0.4, 0.5) is 4.79 Å². The second-order valence-corrected chi connectivity index (χ2v) is 28.6. The molecule has 10 aliphatic rings. The Labute approximate surface area is 543 Å². The van der Waals surface area contributed by atoms with Crippen LogP contribution in [0.25, 0.3) is 0 Å². The van der Waals surface area contributed by atoms with Crippen molar-refractivity contribution in [3.05, 3.63) is 68.5 Å². The molecule has 0 aromatic carbocycles. The molecule has 93 heavy (non-hydrogen) atoms. The fraction of sp³-hybridized carbons (Fsp3) is 0.806. The summed E-state index contributed by atoms with van der Waals surface area (Å²) < 4.78 is 82.0. The number of aliphatic hydroxyl groups is 6. The number of methoxy groups -OCH3 is 2. The summed E-state index contributed by atoms with van der Waals surface area (Å²) in [4.78, 5) is 55.4. The third-order valence-electron chi connectivity index (χ3n) is 22.3. The number of rotatable bonds is 14. The molecular weight excluding hydrogens is 1220 g/mol. The van der Waals surface area contributed by atoms with E-state index in [4.69, 9.17) is 61.6 Å². The molecule has 1 saturated carbocycles. The summed E-state index contributed by atoms with van der Waals surface area (Å²) >= 11 is 0. The van der Waals surface area contributed by atoms with Gasteiger partial charge < -0.3 is 97.5 Å². The Morgan fingerprint density at radius 2 is 1.28 bits per heavy atom. The second-order valence-electron chi connectivity index (χ2n) is 28.6. The van der Waals surface area contributed by atoms with Gasteiger partial charge in [-0.25, -0.2) is 9.59 Å². The van der Waals surface area contributed by atoms with E-state index in [-0.39, 0.29) is 63.4 Å². The van der Waals surface area contributed by atoms with Gasteiger partial charge in [-0.3, -0.25) is 14.9 Å². The molecule has 1 amide bonds. The number of nitrogens with zero attached hydrogens (tertiary/aromatic N) is 1. The number of ketones is 1. The molecule has 0 aromatic rings. The highest BCUT2D eigenvalue weighted by Gasteiger charge is 2.64. The predicted molar refractivity (Wildman–Crippen MR) is 327 cm³/mol. The van der Waals surface area contributed by atoms with Crippen LogP contribution in [0.1, 0.15) is 134 Å². The predicted octanol–water partition coefficient (Wildman–Crippen LogP) is 5.45. The van der Waals surface area contributed by atoms with Crippen LogP contribution in [0.3, 0.4) is 0 Å². The number of hydrogen-bond donors (Lipinski definition) is 7. The third-order valence-corrected chi connectivity index (χ3v) is 22.3. The number of carbonyl (C=O) groups is 3. The van der Waals surface area contributed by atoms with Crippen molar-refractivity contribution < 1.29 is 112 Å². The first-order valence-corrected chi connectivity index (χ1v) is 33.2. The number of aliphatic hydroxyl groups excluding tert-OH is 6. The average Bonchev–Trinajstić information content (AvgIpc) is 1.70. The lowest BCUT2D eigenvalue weighted by molar-refractivity contribution is -0.584. The SMILES string of the molecule is COC(=O)NC1C(C)OC(OC2C/C=C(\C)C3C=CC4C(OC5CC(OC6CC(OC7CC(O)C(O)C(C)O7)C(OC7CC(O)C(OC)C(C)O7)C(C)O6)C(O)C(C)O5)C(C)CC(C)C4C3(C)/C(O)=C3/C(=O)OC4(CC(C)C(CO)=CC4/C=C\2C)C3=O)CC1(C)[N+](=O)[O-]. The van der Waals surface area contributed by atoms with Gasteiger partial charge in [-0.05, 0) is 96.1 Å². The number of alkyl carbamates (subject to hydrolysis) is 1. The minimum absolute atomic E-state index is 0.00999. The number of hydrogen-bond acceptors (Lipinski definition) is 24. The lowest BCUT2D eigenvalue weighted by Crippen LogP contribution is -2.65. The van der Waals surface area contributed by atoms with E-state index in [1.165, 1.54) is 14.0 Å². The highest BCUT2D eigenvalue weighted by atomic mass is 16.8.